The van der Waals surface area contributed by atoms with Crippen LogP contribution in [-0.2, 0) is 11.3 Å². The van der Waals surface area contributed by atoms with Crippen LogP contribution in [0.15, 0.2) is 18.2 Å². The Kier molecular flexibility index (Phi) is 4.70. The minimum atomic E-state index is 0.0101. The number of amides is 1. The number of aryl methyl sites for hydroxylation is 1. The van der Waals surface area contributed by atoms with Gasteiger partial charge in [-0.2, -0.15) is 0 Å². The molecule has 1 atom stereocenters. The van der Waals surface area contributed by atoms with E-state index < -0.39 is 0 Å². The Morgan fingerprint density at radius 2 is 2.00 bits per heavy atom. The molecule has 0 radical (unpaired) electrons. The van der Waals surface area contributed by atoms with Gasteiger partial charge in [0, 0.05) is 18.2 Å². The van der Waals surface area contributed by atoms with Gasteiger partial charge in [0.15, 0.2) is 0 Å². The van der Waals surface area contributed by atoms with Gasteiger partial charge in [0.1, 0.15) is 0 Å². The van der Waals surface area contributed by atoms with Gasteiger partial charge in [-0.1, -0.05) is 32.9 Å². The quantitative estimate of drug-likeness (QED) is 0.841. The summed E-state index contributed by atoms with van der Waals surface area (Å²) in [6, 6.07) is 5.91. The van der Waals surface area contributed by atoms with E-state index in [1.165, 1.54) is 0 Å². The van der Waals surface area contributed by atoms with Gasteiger partial charge < -0.3 is 11.1 Å². The van der Waals surface area contributed by atoms with Crippen LogP contribution in [0.2, 0.25) is 0 Å². The topological polar surface area (TPSA) is 55.1 Å². The third-order valence-corrected chi connectivity index (χ3v) is 3.21. The number of hydrogen-bond donors (Lipinski definition) is 2. The summed E-state index contributed by atoms with van der Waals surface area (Å²) in [5.74, 6) is 0.418. The van der Waals surface area contributed by atoms with E-state index in [2.05, 4.69) is 5.32 Å². The largest absolute Gasteiger partial charge is 0.326 e. The molecule has 0 aliphatic heterocycles. The van der Waals surface area contributed by atoms with E-state index in [1.807, 2.05) is 45.9 Å². The molecule has 3 N–H and O–H groups in total. The van der Waals surface area contributed by atoms with Crippen LogP contribution in [0.5, 0.6) is 0 Å². The lowest BCUT2D eigenvalue weighted by atomic mass is 9.97. The number of carbonyl (C=O) groups is 1. The van der Waals surface area contributed by atoms with Crippen LogP contribution in [0.25, 0.3) is 0 Å². The highest BCUT2D eigenvalue weighted by atomic mass is 16.1. The van der Waals surface area contributed by atoms with Gasteiger partial charge in [0.05, 0.1) is 0 Å². The third kappa shape index (κ3) is 3.56. The Bertz CT molecular complexity index is 399. The first-order chi connectivity index (χ1) is 7.95. The van der Waals surface area contributed by atoms with Crippen LogP contribution in [0.1, 0.15) is 31.9 Å². The Morgan fingerprint density at radius 3 is 2.53 bits per heavy atom. The van der Waals surface area contributed by atoms with Crippen LogP contribution in [0, 0.1) is 18.8 Å². The fraction of sp³-hybridized carbons (Fsp3) is 0.500. The second-order valence-corrected chi connectivity index (χ2v) is 4.88. The van der Waals surface area contributed by atoms with Crippen molar-refractivity contribution in [1.82, 2.24) is 0 Å². The molecular weight excluding hydrogens is 212 g/mol. The number of carbonyl (C=O) groups excluding carboxylic acids is 1. The fourth-order valence-electron chi connectivity index (χ4n) is 1.48. The molecule has 0 aliphatic rings. The minimum Gasteiger partial charge on any atom is -0.326 e. The minimum absolute atomic E-state index is 0.0101. The van der Waals surface area contributed by atoms with Crippen molar-refractivity contribution in [2.24, 2.45) is 17.6 Å². The van der Waals surface area contributed by atoms with Crippen LogP contribution >= 0.6 is 0 Å². The molecule has 0 spiro atoms. The molecule has 17 heavy (non-hydrogen) atoms. The summed E-state index contributed by atoms with van der Waals surface area (Å²) in [5.41, 5.74) is 8.55. The highest BCUT2D eigenvalue weighted by Crippen LogP contribution is 2.19. The predicted octanol–water partition coefficient (Wildman–Crippen LogP) is 2.68. The molecule has 0 aliphatic carbocycles. The first-order valence-electron chi connectivity index (χ1n) is 6.06. The molecule has 0 saturated carbocycles. The van der Waals surface area contributed by atoms with Gasteiger partial charge in [-0.3, -0.25) is 4.79 Å². The molecule has 1 rings (SSSR count). The number of benzene rings is 1. The molecule has 1 aromatic rings. The second kappa shape index (κ2) is 5.82. The fourth-order valence-corrected chi connectivity index (χ4v) is 1.48. The predicted molar refractivity (Wildman–Crippen MR) is 71.7 cm³/mol. The van der Waals surface area contributed by atoms with E-state index in [9.17, 15) is 4.79 Å². The first kappa shape index (κ1) is 13.7. The van der Waals surface area contributed by atoms with E-state index in [1.54, 1.807) is 0 Å². The van der Waals surface area contributed by atoms with E-state index in [0.717, 1.165) is 16.8 Å². The Balaban J connectivity index is 2.84. The lowest BCUT2D eigenvalue weighted by molar-refractivity contribution is -0.120. The van der Waals surface area contributed by atoms with Crippen LogP contribution in [0.4, 0.5) is 5.69 Å². The lowest BCUT2D eigenvalue weighted by Gasteiger charge is -2.17. The summed E-state index contributed by atoms with van der Waals surface area (Å²) in [7, 11) is 0. The molecule has 1 amide bonds. The van der Waals surface area contributed by atoms with E-state index >= 15 is 0 Å². The average molecular weight is 234 g/mol. The molecule has 1 aromatic carbocycles. The maximum Gasteiger partial charge on any atom is 0.227 e. The molecule has 1 unspecified atom stereocenters. The van der Waals surface area contributed by atoms with Gasteiger partial charge in [-0.05, 0) is 30.0 Å². The van der Waals surface area contributed by atoms with Crippen LogP contribution < -0.4 is 11.1 Å². The highest BCUT2D eigenvalue weighted by Gasteiger charge is 2.17. The molecule has 0 fully saturated rings. The Hall–Kier alpha value is -1.35. The Labute approximate surface area is 103 Å². The van der Waals surface area contributed by atoms with Crippen molar-refractivity contribution in [3.05, 3.63) is 29.3 Å². The number of rotatable bonds is 4. The summed E-state index contributed by atoms with van der Waals surface area (Å²) >= 11 is 0. The zero-order valence-corrected chi connectivity index (χ0v) is 11.1. The standard InChI is InChI=1S/C14H22N2O/c1-9(2)11(4)14(17)16-13-7-12(8-15)6-5-10(13)3/h5-7,9,11H,8,15H2,1-4H3,(H,16,17). The Morgan fingerprint density at radius 1 is 1.35 bits per heavy atom. The van der Waals surface area contributed by atoms with Crippen LogP contribution in [-0.4, -0.2) is 5.91 Å². The first-order valence-corrected chi connectivity index (χ1v) is 6.06. The molecule has 0 heterocycles. The molecule has 0 bridgehead atoms. The number of hydrogen-bond acceptors (Lipinski definition) is 2. The van der Waals surface area contributed by atoms with Crippen molar-refractivity contribution in [3.63, 3.8) is 0 Å². The number of nitrogens with one attached hydrogen (secondary N) is 1. The number of anilines is 1. The smallest absolute Gasteiger partial charge is 0.227 e. The van der Waals surface area contributed by atoms with Gasteiger partial charge >= 0.3 is 0 Å². The molecule has 0 saturated heterocycles. The summed E-state index contributed by atoms with van der Waals surface area (Å²) in [4.78, 5) is 12.0. The maximum absolute atomic E-state index is 12.0. The van der Waals surface area contributed by atoms with Crippen molar-refractivity contribution >= 4 is 11.6 Å². The second-order valence-electron chi connectivity index (χ2n) is 4.88. The zero-order chi connectivity index (χ0) is 13.0. The third-order valence-electron chi connectivity index (χ3n) is 3.21. The van der Waals surface area contributed by atoms with Crippen molar-refractivity contribution in [3.8, 4) is 0 Å². The van der Waals surface area contributed by atoms with Gasteiger partial charge in [0.25, 0.3) is 0 Å². The van der Waals surface area contributed by atoms with E-state index in [0.29, 0.717) is 12.5 Å². The average Bonchev–Trinajstić information content (AvgIpc) is 2.30. The summed E-state index contributed by atoms with van der Waals surface area (Å²) in [6.45, 7) is 8.52. The highest BCUT2D eigenvalue weighted by molar-refractivity contribution is 5.93. The normalized spacial score (nSPS) is 12.6. The number of nitrogens with two attached hydrogens (primary N) is 1. The van der Waals surface area contributed by atoms with Crippen molar-refractivity contribution in [1.29, 1.82) is 0 Å². The summed E-state index contributed by atoms with van der Waals surface area (Å²) < 4.78 is 0. The van der Waals surface area contributed by atoms with Crippen molar-refractivity contribution < 1.29 is 4.79 Å². The molecule has 3 heteroatoms. The van der Waals surface area contributed by atoms with Crippen molar-refractivity contribution in [2.75, 3.05) is 5.32 Å². The summed E-state index contributed by atoms with van der Waals surface area (Å²) in [5, 5.41) is 2.97. The van der Waals surface area contributed by atoms with E-state index in [-0.39, 0.29) is 11.8 Å². The summed E-state index contributed by atoms with van der Waals surface area (Å²) in [6.07, 6.45) is 0. The molecule has 94 valence electrons. The van der Waals surface area contributed by atoms with Crippen LogP contribution in [0.3, 0.4) is 0 Å². The van der Waals surface area contributed by atoms with Crippen molar-refractivity contribution in [2.45, 2.75) is 34.2 Å². The molecular formula is C14H22N2O. The van der Waals surface area contributed by atoms with Gasteiger partial charge in [-0.25, -0.2) is 0 Å². The molecule has 0 aromatic heterocycles. The lowest BCUT2D eigenvalue weighted by Crippen LogP contribution is -2.24. The van der Waals surface area contributed by atoms with Gasteiger partial charge in [0.2, 0.25) is 5.91 Å². The van der Waals surface area contributed by atoms with Gasteiger partial charge in [-0.15, -0.1) is 0 Å². The zero-order valence-electron chi connectivity index (χ0n) is 11.1. The SMILES string of the molecule is Cc1ccc(CN)cc1NC(=O)C(C)C(C)C. The van der Waals surface area contributed by atoms with E-state index in [4.69, 9.17) is 5.73 Å². The monoisotopic (exact) mass is 234 g/mol. The molecule has 3 nitrogen and oxygen atoms in total. The maximum atomic E-state index is 12.0.